The Morgan fingerprint density at radius 3 is 2.84 bits per heavy atom. The van der Waals surface area contributed by atoms with Gasteiger partial charge in [-0.25, -0.2) is 4.98 Å². The highest BCUT2D eigenvalue weighted by Crippen LogP contribution is 2.33. The van der Waals surface area contributed by atoms with Gasteiger partial charge in [0.1, 0.15) is 0 Å². The van der Waals surface area contributed by atoms with Gasteiger partial charge in [0, 0.05) is 25.5 Å². The molecule has 1 aliphatic rings. The number of anilines is 2. The molecule has 0 saturated carbocycles. The van der Waals surface area contributed by atoms with Crippen molar-refractivity contribution in [2.45, 2.75) is 11.4 Å². The summed E-state index contributed by atoms with van der Waals surface area (Å²) in [5.74, 6) is 0. The molecular weight excluding hydrogens is 264 g/mol. The van der Waals surface area contributed by atoms with Gasteiger partial charge in [-0.05, 0) is 30.2 Å². The molecule has 6 nitrogen and oxygen atoms in total. The summed E-state index contributed by atoms with van der Waals surface area (Å²) in [5.41, 5.74) is 8.02. The Morgan fingerprint density at radius 2 is 2.16 bits per heavy atom. The van der Waals surface area contributed by atoms with Crippen LogP contribution in [0, 0.1) is 0 Å². The zero-order valence-corrected chi connectivity index (χ0v) is 11.3. The second kappa shape index (κ2) is 3.99. The van der Waals surface area contributed by atoms with Crippen molar-refractivity contribution >= 4 is 21.4 Å². The van der Waals surface area contributed by atoms with E-state index in [2.05, 4.69) is 4.98 Å². The van der Waals surface area contributed by atoms with Gasteiger partial charge in [0.05, 0.1) is 12.0 Å². The maximum atomic E-state index is 12.5. The van der Waals surface area contributed by atoms with Crippen molar-refractivity contribution in [2.24, 2.45) is 7.05 Å². The highest BCUT2D eigenvalue weighted by Gasteiger charge is 2.32. The highest BCUT2D eigenvalue weighted by molar-refractivity contribution is 7.92. The monoisotopic (exact) mass is 278 g/mol. The molecule has 19 heavy (non-hydrogen) atoms. The number of hydrogen-bond acceptors (Lipinski definition) is 4. The van der Waals surface area contributed by atoms with Crippen LogP contribution in [-0.2, 0) is 23.5 Å². The van der Waals surface area contributed by atoms with Crippen LogP contribution in [0.25, 0.3) is 0 Å². The zero-order chi connectivity index (χ0) is 13.6. The first-order chi connectivity index (χ1) is 8.98. The quantitative estimate of drug-likeness (QED) is 0.822. The van der Waals surface area contributed by atoms with Crippen LogP contribution < -0.4 is 10.0 Å². The van der Waals surface area contributed by atoms with Gasteiger partial charge in [-0.1, -0.05) is 0 Å². The lowest BCUT2D eigenvalue weighted by molar-refractivity contribution is 0.589. The maximum absolute atomic E-state index is 12.5. The molecule has 0 unspecified atom stereocenters. The van der Waals surface area contributed by atoms with Gasteiger partial charge in [0.2, 0.25) is 0 Å². The number of rotatable bonds is 2. The number of sulfonamides is 1. The first-order valence-corrected chi connectivity index (χ1v) is 7.31. The van der Waals surface area contributed by atoms with Crippen molar-refractivity contribution in [2.75, 3.05) is 16.6 Å². The van der Waals surface area contributed by atoms with E-state index in [4.69, 9.17) is 5.73 Å². The van der Waals surface area contributed by atoms with Crippen LogP contribution in [0.2, 0.25) is 0 Å². The van der Waals surface area contributed by atoms with Crippen molar-refractivity contribution in [3.8, 4) is 0 Å². The summed E-state index contributed by atoms with van der Waals surface area (Å²) in [6, 6.07) is 5.28. The van der Waals surface area contributed by atoms with Crippen molar-refractivity contribution in [1.29, 1.82) is 0 Å². The summed E-state index contributed by atoms with van der Waals surface area (Å²) in [6.45, 7) is 0.428. The Labute approximate surface area is 111 Å². The number of nitrogen functional groups attached to an aromatic ring is 1. The van der Waals surface area contributed by atoms with E-state index in [-0.39, 0.29) is 5.03 Å². The van der Waals surface area contributed by atoms with Crippen molar-refractivity contribution < 1.29 is 8.42 Å². The molecule has 2 heterocycles. The van der Waals surface area contributed by atoms with Gasteiger partial charge >= 0.3 is 0 Å². The van der Waals surface area contributed by atoms with Crippen molar-refractivity contribution in [3.05, 3.63) is 36.3 Å². The van der Waals surface area contributed by atoms with Crippen molar-refractivity contribution in [3.63, 3.8) is 0 Å². The highest BCUT2D eigenvalue weighted by atomic mass is 32.2. The molecule has 3 rings (SSSR count). The van der Waals surface area contributed by atoms with Crippen LogP contribution in [0.3, 0.4) is 0 Å². The van der Waals surface area contributed by atoms with Crippen LogP contribution in [0.5, 0.6) is 0 Å². The van der Waals surface area contributed by atoms with Crippen molar-refractivity contribution in [1.82, 2.24) is 9.55 Å². The lowest BCUT2D eigenvalue weighted by Crippen LogP contribution is -2.29. The standard InChI is InChI=1S/C12H14N4O2S/c1-15-7-12(14-8-15)19(17,18)16-5-4-9-6-10(13)2-3-11(9)16/h2-3,6-8H,4-5,13H2,1H3. The van der Waals surface area contributed by atoms with Gasteiger partial charge < -0.3 is 10.3 Å². The number of hydrogen-bond donors (Lipinski definition) is 1. The van der Waals surface area contributed by atoms with E-state index in [0.29, 0.717) is 24.3 Å². The van der Waals surface area contributed by atoms with E-state index >= 15 is 0 Å². The number of nitrogens with two attached hydrogens (primary N) is 1. The molecule has 1 aromatic carbocycles. The van der Waals surface area contributed by atoms with E-state index < -0.39 is 10.0 Å². The fourth-order valence-corrected chi connectivity index (χ4v) is 3.75. The van der Waals surface area contributed by atoms with Gasteiger partial charge in [-0.3, -0.25) is 4.31 Å². The smallest absolute Gasteiger partial charge is 0.283 e. The van der Waals surface area contributed by atoms with Gasteiger partial charge in [0.15, 0.2) is 5.03 Å². The summed E-state index contributed by atoms with van der Waals surface area (Å²) in [5, 5.41) is 0.0691. The third-order valence-electron chi connectivity index (χ3n) is 3.19. The maximum Gasteiger partial charge on any atom is 0.283 e. The SMILES string of the molecule is Cn1cnc(S(=O)(=O)N2CCc3cc(N)ccc32)c1. The number of benzene rings is 1. The minimum Gasteiger partial charge on any atom is -0.399 e. The minimum absolute atomic E-state index is 0.0691. The first-order valence-electron chi connectivity index (χ1n) is 5.87. The van der Waals surface area contributed by atoms with Crippen LogP contribution in [0.4, 0.5) is 11.4 Å². The number of aromatic nitrogens is 2. The molecule has 0 amide bonds. The number of fused-ring (bicyclic) bond motifs is 1. The lowest BCUT2D eigenvalue weighted by atomic mass is 10.1. The molecule has 0 aliphatic carbocycles. The first kappa shape index (κ1) is 12.0. The molecule has 0 fully saturated rings. The molecule has 2 N–H and O–H groups in total. The minimum atomic E-state index is -3.58. The van der Waals surface area contributed by atoms with E-state index in [1.165, 1.54) is 16.8 Å². The third kappa shape index (κ3) is 1.86. The molecule has 1 aromatic heterocycles. The molecule has 0 spiro atoms. The Kier molecular flexibility index (Phi) is 2.53. The molecular formula is C12H14N4O2S. The zero-order valence-electron chi connectivity index (χ0n) is 10.4. The third-order valence-corrected chi connectivity index (χ3v) is 4.89. The summed E-state index contributed by atoms with van der Waals surface area (Å²) in [6.07, 6.45) is 3.66. The van der Waals surface area contributed by atoms with Crippen LogP contribution >= 0.6 is 0 Å². The number of nitrogens with zero attached hydrogens (tertiary/aromatic N) is 3. The molecule has 100 valence electrons. The molecule has 0 radical (unpaired) electrons. The van der Waals surface area contributed by atoms with Gasteiger partial charge in [-0.15, -0.1) is 0 Å². The van der Waals surface area contributed by atoms with Crippen LogP contribution in [0.1, 0.15) is 5.56 Å². The summed E-state index contributed by atoms with van der Waals surface area (Å²) < 4.78 is 28.0. The second-order valence-corrected chi connectivity index (χ2v) is 6.40. The molecule has 0 bridgehead atoms. The fraction of sp³-hybridized carbons (Fsp3) is 0.250. The van der Waals surface area contributed by atoms with Crippen LogP contribution in [-0.4, -0.2) is 24.5 Å². The number of imidazole rings is 1. The van der Waals surface area contributed by atoms with E-state index in [1.54, 1.807) is 23.7 Å². The summed E-state index contributed by atoms with van der Waals surface area (Å²) in [7, 11) is -1.84. The van der Waals surface area contributed by atoms with E-state index in [1.807, 2.05) is 6.07 Å². The Morgan fingerprint density at radius 1 is 1.37 bits per heavy atom. The lowest BCUT2D eigenvalue weighted by Gasteiger charge is -2.17. The Bertz CT molecular complexity index is 736. The average molecular weight is 278 g/mol. The van der Waals surface area contributed by atoms with Gasteiger partial charge in [0.25, 0.3) is 10.0 Å². The summed E-state index contributed by atoms with van der Waals surface area (Å²) in [4.78, 5) is 3.93. The molecule has 0 atom stereocenters. The van der Waals surface area contributed by atoms with Gasteiger partial charge in [-0.2, -0.15) is 8.42 Å². The van der Waals surface area contributed by atoms with E-state index in [0.717, 1.165) is 5.56 Å². The largest absolute Gasteiger partial charge is 0.399 e. The molecule has 7 heteroatoms. The molecule has 0 saturated heterocycles. The van der Waals surface area contributed by atoms with Crippen LogP contribution in [0.15, 0.2) is 35.7 Å². The molecule has 2 aromatic rings. The topological polar surface area (TPSA) is 81.2 Å². The Hall–Kier alpha value is -2.02. The fourth-order valence-electron chi connectivity index (χ4n) is 2.28. The number of aryl methyl sites for hydroxylation is 1. The molecule has 1 aliphatic heterocycles. The summed E-state index contributed by atoms with van der Waals surface area (Å²) >= 11 is 0. The predicted octanol–water partition coefficient (Wildman–Crippen LogP) is 0.754. The normalized spacial score (nSPS) is 14.7. The predicted molar refractivity (Wildman–Crippen MR) is 72.3 cm³/mol. The second-order valence-electron chi connectivity index (χ2n) is 4.59. The average Bonchev–Trinajstić information content (AvgIpc) is 2.95. The Balaban J connectivity index is 2.06. The van der Waals surface area contributed by atoms with E-state index in [9.17, 15) is 8.42 Å².